The van der Waals surface area contributed by atoms with Crippen LogP contribution in [0.25, 0.3) is 0 Å². The molecule has 1 amide bonds. The SMILES string of the molecule is CCC(C)NC(=NCC(=O)N(C)C)NCCc1ccc(OC)cc1. The molecule has 0 radical (unpaired) electrons. The second kappa shape index (κ2) is 10.5. The summed E-state index contributed by atoms with van der Waals surface area (Å²) in [6.45, 7) is 5.08. The number of aliphatic imine (C=N–C) groups is 1. The van der Waals surface area contributed by atoms with Gasteiger partial charge in [0.05, 0.1) is 7.11 Å². The van der Waals surface area contributed by atoms with E-state index in [0.717, 1.165) is 25.1 Å². The van der Waals surface area contributed by atoms with Gasteiger partial charge in [0.2, 0.25) is 5.91 Å². The Morgan fingerprint density at radius 2 is 1.96 bits per heavy atom. The number of nitrogens with zero attached hydrogens (tertiary/aromatic N) is 2. The zero-order chi connectivity index (χ0) is 17.9. The van der Waals surface area contributed by atoms with Crippen LogP contribution in [-0.4, -0.2) is 57.1 Å². The lowest BCUT2D eigenvalue weighted by Gasteiger charge is -2.17. The van der Waals surface area contributed by atoms with E-state index < -0.39 is 0 Å². The van der Waals surface area contributed by atoms with Crippen LogP contribution in [0.3, 0.4) is 0 Å². The number of likely N-dealkylation sites (N-methyl/N-ethyl adjacent to an activating group) is 1. The molecule has 0 spiro atoms. The fraction of sp³-hybridized carbons (Fsp3) is 0.556. The maximum atomic E-state index is 11.7. The van der Waals surface area contributed by atoms with Crippen molar-refractivity contribution in [1.82, 2.24) is 15.5 Å². The van der Waals surface area contributed by atoms with E-state index in [1.807, 2.05) is 12.1 Å². The largest absolute Gasteiger partial charge is 0.497 e. The Balaban J connectivity index is 2.56. The lowest BCUT2D eigenvalue weighted by Crippen LogP contribution is -2.43. The number of amides is 1. The van der Waals surface area contributed by atoms with E-state index in [1.165, 1.54) is 5.56 Å². The van der Waals surface area contributed by atoms with Crippen molar-refractivity contribution >= 4 is 11.9 Å². The van der Waals surface area contributed by atoms with Gasteiger partial charge in [-0.3, -0.25) is 4.79 Å². The Hall–Kier alpha value is -2.24. The first-order chi connectivity index (χ1) is 11.5. The fourth-order valence-corrected chi connectivity index (χ4v) is 1.89. The molecule has 1 atom stereocenters. The van der Waals surface area contributed by atoms with Gasteiger partial charge in [0, 0.05) is 26.7 Å². The van der Waals surface area contributed by atoms with E-state index in [4.69, 9.17) is 4.74 Å². The molecule has 0 aromatic heterocycles. The summed E-state index contributed by atoms with van der Waals surface area (Å²) in [5, 5.41) is 6.61. The van der Waals surface area contributed by atoms with Crippen LogP contribution in [0, 0.1) is 0 Å². The minimum atomic E-state index is -0.0181. The molecule has 1 unspecified atom stereocenters. The number of guanidine groups is 1. The lowest BCUT2D eigenvalue weighted by atomic mass is 10.1. The smallest absolute Gasteiger partial charge is 0.243 e. The van der Waals surface area contributed by atoms with Crippen LogP contribution in [0.2, 0.25) is 0 Å². The van der Waals surface area contributed by atoms with E-state index in [9.17, 15) is 4.79 Å². The molecule has 24 heavy (non-hydrogen) atoms. The lowest BCUT2D eigenvalue weighted by molar-refractivity contribution is -0.127. The summed E-state index contributed by atoms with van der Waals surface area (Å²) in [5.74, 6) is 1.51. The number of rotatable bonds is 8. The number of carbonyl (C=O) groups is 1. The molecule has 6 nitrogen and oxygen atoms in total. The van der Waals surface area contributed by atoms with Crippen LogP contribution >= 0.6 is 0 Å². The average Bonchev–Trinajstić information content (AvgIpc) is 2.59. The minimum absolute atomic E-state index is 0.0181. The predicted octanol–water partition coefficient (Wildman–Crippen LogP) is 1.66. The number of hydrogen-bond acceptors (Lipinski definition) is 3. The van der Waals surface area contributed by atoms with Crippen LogP contribution in [0.15, 0.2) is 29.3 Å². The molecule has 0 aliphatic heterocycles. The van der Waals surface area contributed by atoms with Gasteiger partial charge >= 0.3 is 0 Å². The second-order valence-electron chi connectivity index (χ2n) is 5.93. The summed E-state index contributed by atoms with van der Waals surface area (Å²) < 4.78 is 5.16. The number of benzene rings is 1. The van der Waals surface area contributed by atoms with Gasteiger partial charge in [0.15, 0.2) is 5.96 Å². The zero-order valence-electron chi connectivity index (χ0n) is 15.4. The molecule has 134 valence electrons. The first-order valence-corrected chi connectivity index (χ1v) is 8.34. The average molecular weight is 334 g/mol. The van der Waals surface area contributed by atoms with Gasteiger partial charge < -0.3 is 20.3 Å². The van der Waals surface area contributed by atoms with Crippen molar-refractivity contribution in [3.8, 4) is 5.75 Å². The third-order valence-electron chi connectivity index (χ3n) is 3.73. The predicted molar refractivity (Wildman–Crippen MR) is 98.6 cm³/mol. The van der Waals surface area contributed by atoms with Crippen molar-refractivity contribution < 1.29 is 9.53 Å². The monoisotopic (exact) mass is 334 g/mol. The highest BCUT2D eigenvalue weighted by Gasteiger charge is 2.07. The first-order valence-electron chi connectivity index (χ1n) is 8.34. The van der Waals surface area contributed by atoms with E-state index >= 15 is 0 Å². The number of methoxy groups -OCH3 is 1. The summed E-state index contributed by atoms with van der Waals surface area (Å²) in [7, 11) is 5.13. The topological polar surface area (TPSA) is 66.0 Å². The third kappa shape index (κ3) is 7.35. The number of nitrogens with one attached hydrogen (secondary N) is 2. The molecular formula is C18H30N4O2. The molecule has 2 N–H and O–H groups in total. The third-order valence-corrected chi connectivity index (χ3v) is 3.73. The van der Waals surface area contributed by atoms with Crippen molar-refractivity contribution in [2.75, 3.05) is 34.3 Å². The van der Waals surface area contributed by atoms with Crippen molar-refractivity contribution in [1.29, 1.82) is 0 Å². The summed E-state index contributed by atoms with van der Waals surface area (Å²) in [4.78, 5) is 17.6. The van der Waals surface area contributed by atoms with Gasteiger partial charge in [-0.15, -0.1) is 0 Å². The summed E-state index contributed by atoms with van der Waals surface area (Å²) in [6, 6.07) is 8.31. The van der Waals surface area contributed by atoms with Crippen LogP contribution in [0.4, 0.5) is 0 Å². The van der Waals surface area contributed by atoms with E-state index in [2.05, 4.69) is 41.6 Å². The molecule has 0 aliphatic rings. The number of hydrogen-bond donors (Lipinski definition) is 2. The zero-order valence-corrected chi connectivity index (χ0v) is 15.4. The summed E-state index contributed by atoms with van der Waals surface area (Å²) in [5.41, 5.74) is 1.22. The van der Waals surface area contributed by atoms with Gasteiger partial charge in [0.1, 0.15) is 12.3 Å². The molecule has 1 aromatic rings. The Morgan fingerprint density at radius 3 is 2.50 bits per heavy atom. The van der Waals surface area contributed by atoms with Crippen LogP contribution < -0.4 is 15.4 Å². The maximum absolute atomic E-state index is 11.7. The van der Waals surface area contributed by atoms with Gasteiger partial charge in [0.25, 0.3) is 0 Å². The highest BCUT2D eigenvalue weighted by atomic mass is 16.5. The molecule has 1 aromatic carbocycles. The molecule has 0 saturated heterocycles. The highest BCUT2D eigenvalue weighted by molar-refractivity contribution is 5.84. The van der Waals surface area contributed by atoms with Crippen molar-refractivity contribution in [3.63, 3.8) is 0 Å². The quantitative estimate of drug-likeness (QED) is 0.560. The van der Waals surface area contributed by atoms with Gasteiger partial charge in [-0.2, -0.15) is 0 Å². The molecular weight excluding hydrogens is 304 g/mol. The van der Waals surface area contributed by atoms with Crippen molar-refractivity contribution in [2.45, 2.75) is 32.7 Å². The number of ether oxygens (including phenoxy) is 1. The van der Waals surface area contributed by atoms with Crippen LogP contribution in [0.5, 0.6) is 5.75 Å². The Kier molecular flexibility index (Phi) is 8.68. The minimum Gasteiger partial charge on any atom is -0.497 e. The molecule has 0 saturated carbocycles. The Morgan fingerprint density at radius 1 is 1.29 bits per heavy atom. The van der Waals surface area contributed by atoms with E-state index in [0.29, 0.717) is 12.0 Å². The molecule has 6 heteroatoms. The summed E-state index contributed by atoms with van der Waals surface area (Å²) in [6.07, 6.45) is 1.85. The number of carbonyl (C=O) groups excluding carboxylic acids is 1. The summed E-state index contributed by atoms with van der Waals surface area (Å²) >= 11 is 0. The molecule has 1 rings (SSSR count). The van der Waals surface area contributed by atoms with Crippen LogP contribution in [0.1, 0.15) is 25.8 Å². The van der Waals surface area contributed by atoms with Crippen LogP contribution in [-0.2, 0) is 11.2 Å². The van der Waals surface area contributed by atoms with Gasteiger partial charge in [-0.1, -0.05) is 19.1 Å². The Bertz CT molecular complexity index is 526. The first kappa shape index (κ1) is 19.8. The molecule has 0 aliphatic carbocycles. The fourth-order valence-electron chi connectivity index (χ4n) is 1.89. The normalized spacial score (nSPS) is 12.5. The van der Waals surface area contributed by atoms with Crippen molar-refractivity contribution in [2.24, 2.45) is 4.99 Å². The molecule has 0 fully saturated rings. The van der Waals surface area contributed by atoms with E-state index in [1.54, 1.807) is 26.1 Å². The highest BCUT2D eigenvalue weighted by Crippen LogP contribution is 2.11. The Labute approximate surface area is 145 Å². The maximum Gasteiger partial charge on any atom is 0.243 e. The van der Waals surface area contributed by atoms with E-state index in [-0.39, 0.29) is 12.5 Å². The second-order valence-corrected chi connectivity index (χ2v) is 5.93. The van der Waals surface area contributed by atoms with Crippen molar-refractivity contribution in [3.05, 3.63) is 29.8 Å². The van der Waals surface area contributed by atoms with Gasteiger partial charge in [-0.05, 0) is 37.5 Å². The molecule has 0 heterocycles. The molecule has 0 bridgehead atoms. The van der Waals surface area contributed by atoms with Gasteiger partial charge in [-0.25, -0.2) is 4.99 Å². The standard InChI is InChI=1S/C18H30N4O2/c1-6-14(2)21-18(20-13-17(23)22(3)4)19-12-11-15-7-9-16(24-5)10-8-15/h7-10,14H,6,11-13H2,1-5H3,(H2,19,20,21).